The molecule has 26 heavy (non-hydrogen) atoms. The van der Waals surface area contributed by atoms with Crippen molar-refractivity contribution in [2.24, 2.45) is 0 Å². The average Bonchev–Trinajstić information content (AvgIpc) is 2.67. The Morgan fingerprint density at radius 2 is 1.85 bits per heavy atom. The van der Waals surface area contributed by atoms with E-state index in [0.717, 1.165) is 0 Å². The van der Waals surface area contributed by atoms with E-state index < -0.39 is 11.5 Å². The first-order chi connectivity index (χ1) is 12.7. The van der Waals surface area contributed by atoms with E-state index in [1.165, 1.54) is 4.57 Å². The lowest BCUT2D eigenvalue weighted by Gasteiger charge is -2.14. The molecule has 0 saturated heterocycles. The maximum absolute atomic E-state index is 13.0. The van der Waals surface area contributed by atoms with Crippen molar-refractivity contribution < 1.29 is 18.8 Å². The highest BCUT2D eigenvalue weighted by Crippen LogP contribution is 2.29. The van der Waals surface area contributed by atoms with Gasteiger partial charge in [0.1, 0.15) is 17.9 Å². The summed E-state index contributed by atoms with van der Waals surface area (Å²) in [7, 11) is 0. The molecule has 0 atom stereocenters. The molecule has 2 aromatic carbocycles. The van der Waals surface area contributed by atoms with E-state index in [0.29, 0.717) is 17.0 Å². The predicted octanol–water partition coefficient (Wildman–Crippen LogP) is 2.23. The zero-order valence-corrected chi connectivity index (χ0v) is 14.3. The number of hydrogen-bond donors (Lipinski definition) is 0. The van der Waals surface area contributed by atoms with E-state index in [1.54, 1.807) is 43.3 Å². The van der Waals surface area contributed by atoms with Crippen molar-refractivity contribution in [2.45, 2.75) is 13.3 Å². The smallest absolute Gasteiger partial charge is 0.392 e. The van der Waals surface area contributed by atoms with Crippen LogP contribution in [0.3, 0.4) is 0 Å². The van der Waals surface area contributed by atoms with Crippen LogP contribution in [0.15, 0.2) is 63.8 Å². The molecule has 3 rings (SSSR count). The van der Waals surface area contributed by atoms with Gasteiger partial charge in [0.2, 0.25) is 5.69 Å². The van der Waals surface area contributed by atoms with E-state index in [1.807, 2.05) is 18.2 Å². The van der Waals surface area contributed by atoms with Gasteiger partial charge in [0.05, 0.1) is 5.56 Å². The maximum atomic E-state index is 13.0. The number of terminal acetylenes is 1. The zero-order chi connectivity index (χ0) is 18.5. The average molecular weight is 347 g/mol. The van der Waals surface area contributed by atoms with Crippen LogP contribution in [0.4, 0.5) is 0 Å². The van der Waals surface area contributed by atoms with Gasteiger partial charge in [-0.15, -0.1) is 11.0 Å². The number of ether oxygens (including phenoxy) is 1. The highest BCUT2D eigenvalue weighted by Gasteiger charge is 2.27. The minimum atomic E-state index is -0.647. The molecule has 1 aromatic heterocycles. The van der Waals surface area contributed by atoms with Gasteiger partial charge in [0, 0.05) is 12.1 Å². The van der Waals surface area contributed by atoms with E-state index in [2.05, 4.69) is 5.92 Å². The molecular weight excluding hydrogens is 330 g/mol. The van der Waals surface area contributed by atoms with Gasteiger partial charge in [-0.05, 0) is 18.6 Å². The Kier molecular flexibility index (Phi) is 5.04. The van der Waals surface area contributed by atoms with Crippen LogP contribution < -0.4 is 20.0 Å². The molecule has 130 valence electrons. The summed E-state index contributed by atoms with van der Waals surface area (Å²) in [6.45, 7) is 1.80. The van der Waals surface area contributed by atoms with Gasteiger partial charge in [-0.3, -0.25) is 0 Å². The van der Waals surface area contributed by atoms with Crippen LogP contribution in [-0.2, 0) is 6.42 Å². The van der Waals surface area contributed by atoms with Crippen molar-refractivity contribution in [1.29, 1.82) is 0 Å². The summed E-state index contributed by atoms with van der Waals surface area (Å²) < 4.78 is 12.5. The van der Waals surface area contributed by atoms with Gasteiger partial charge >= 0.3 is 11.5 Å². The highest BCUT2D eigenvalue weighted by atomic mass is 16.5. The number of hydrogen-bond acceptors (Lipinski definition) is 4. The fourth-order valence-electron chi connectivity index (χ4n) is 2.68. The monoisotopic (exact) mass is 347 g/mol. The lowest BCUT2D eigenvalue weighted by Crippen LogP contribution is -2.41. The van der Waals surface area contributed by atoms with Crippen LogP contribution >= 0.6 is 0 Å². The van der Waals surface area contributed by atoms with Crippen molar-refractivity contribution in [3.8, 4) is 41.1 Å². The number of para-hydroxylation sites is 2. The fourth-order valence-corrected chi connectivity index (χ4v) is 2.68. The molecule has 0 aliphatic carbocycles. The summed E-state index contributed by atoms with van der Waals surface area (Å²) in [5.41, 5.74) is 0.521. The lowest BCUT2D eigenvalue weighted by molar-refractivity contribution is -0.650. The molecule has 1 heterocycles. The second-order valence-corrected chi connectivity index (χ2v) is 5.49. The lowest BCUT2D eigenvalue weighted by atomic mass is 10.1. The predicted molar refractivity (Wildman–Crippen MR) is 95.1 cm³/mol. The van der Waals surface area contributed by atoms with Gasteiger partial charge < -0.3 is 14.3 Å². The van der Waals surface area contributed by atoms with Crippen molar-refractivity contribution in [2.75, 3.05) is 6.61 Å². The standard InChI is InChI=1S/C21H17NO4/c1-3-14-25-18-13-9-8-12-17(18)20-22(15-10-6-5-7-11-15)19(23)16(4-2)21(24)26-20/h1,5-13H,4,14H2,2H3. The molecule has 0 spiro atoms. The Morgan fingerprint density at radius 3 is 2.54 bits per heavy atom. The first kappa shape index (κ1) is 17.3. The van der Waals surface area contributed by atoms with Crippen molar-refractivity contribution in [3.05, 3.63) is 70.6 Å². The van der Waals surface area contributed by atoms with E-state index in [4.69, 9.17) is 15.6 Å². The Labute approximate surface area is 151 Å². The Morgan fingerprint density at radius 1 is 1.15 bits per heavy atom. The third-order valence-corrected chi connectivity index (χ3v) is 3.90. The number of aromatic nitrogens is 1. The molecule has 0 bridgehead atoms. The molecule has 0 amide bonds. The molecule has 0 aliphatic rings. The van der Waals surface area contributed by atoms with Crippen LogP contribution in [0.25, 0.3) is 17.1 Å². The first-order valence-electron chi connectivity index (χ1n) is 8.17. The van der Waals surface area contributed by atoms with Gasteiger partial charge in [-0.1, -0.05) is 43.2 Å². The normalized spacial score (nSPS) is 10.3. The van der Waals surface area contributed by atoms with E-state index >= 15 is 0 Å². The first-order valence-corrected chi connectivity index (χ1v) is 8.17. The van der Waals surface area contributed by atoms with E-state index in [-0.39, 0.29) is 24.5 Å². The highest BCUT2D eigenvalue weighted by molar-refractivity contribution is 5.61. The quantitative estimate of drug-likeness (QED) is 0.524. The molecule has 3 aromatic rings. The molecule has 5 nitrogen and oxygen atoms in total. The SMILES string of the molecule is C#CCOc1ccccc1-c1oc(=O)c(CC)c([O-])[n+]1-c1ccccc1. The number of benzene rings is 2. The Bertz CT molecular complexity index is 1020. The van der Waals surface area contributed by atoms with Crippen LogP contribution in [0, 0.1) is 12.3 Å². The van der Waals surface area contributed by atoms with Gasteiger partial charge in [-0.2, -0.15) is 0 Å². The Balaban J connectivity index is 2.33. The molecule has 0 unspecified atom stereocenters. The summed E-state index contributed by atoms with van der Waals surface area (Å²) in [5, 5.41) is 13.0. The second-order valence-electron chi connectivity index (χ2n) is 5.49. The van der Waals surface area contributed by atoms with Crippen LogP contribution in [0.2, 0.25) is 0 Å². The topological polar surface area (TPSA) is 66.4 Å². The summed E-state index contributed by atoms with van der Waals surface area (Å²) in [5.74, 6) is 2.53. The number of rotatable bonds is 5. The molecule has 0 N–H and O–H groups in total. The molecule has 0 fully saturated rings. The molecule has 0 saturated carbocycles. The van der Waals surface area contributed by atoms with Crippen molar-refractivity contribution in [1.82, 2.24) is 0 Å². The summed E-state index contributed by atoms with van der Waals surface area (Å²) in [6, 6.07) is 16.0. The fraction of sp³-hybridized carbons (Fsp3) is 0.143. The summed E-state index contributed by atoms with van der Waals surface area (Å²) in [4.78, 5) is 12.3. The van der Waals surface area contributed by atoms with Crippen molar-refractivity contribution >= 4 is 0 Å². The minimum absolute atomic E-state index is 0.0594. The van der Waals surface area contributed by atoms with Crippen LogP contribution in [0.5, 0.6) is 11.6 Å². The number of nitrogens with zero attached hydrogens (tertiary/aromatic N) is 1. The largest absolute Gasteiger partial charge is 0.822 e. The van der Waals surface area contributed by atoms with Crippen LogP contribution in [-0.4, -0.2) is 6.61 Å². The minimum Gasteiger partial charge on any atom is -0.822 e. The summed E-state index contributed by atoms with van der Waals surface area (Å²) in [6.07, 6.45) is 5.55. The molecular formula is C21H17NO4. The van der Waals surface area contributed by atoms with E-state index in [9.17, 15) is 9.90 Å². The third-order valence-electron chi connectivity index (χ3n) is 3.90. The van der Waals surface area contributed by atoms with Crippen molar-refractivity contribution in [3.63, 3.8) is 0 Å². The molecule has 0 aliphatic heterocycles. The maximum Gasteiger partial charge on any atom is 0.392 e. The zero-order valence-electron chi connectivity index (χ0n) is 14.3. The second kappa shape index (κ2) is 7.58. The van der Waals surface area contributed by atoms with Gasteiger partial charge in [0.25, 0.3) is 0 Å². The molecule has 0 radical (unpaired) electrons. The van der Waals surface area contributed by atoms with Crippen LogP contribution in [0.1, 0.15) is 12.5 Å². The van der Waals surface area contributed by atoms with Gasteiger partial charge in [-0.25, -0.2) is 4.79 Å². The molecule has 5 heteroatoms. The third kappa shape index (κ3) is 3.17. The van der Waals surface area contributed by atoms with Gasteiger partial charge in [0.15, 0.2) is 5.88 Å². The Hall–Kier alpha value is -3.52. The summed E-state index contributed by atoms with van der Waals surface area (Å²) >= 11 is 0.